The number of aromatic nitrogens is 3. The van der Waals surface area contributed by atoms with E-state index in [0.29, 0.717) is 5.56 Å². The largest absolute Gasteiger partial charge is 0.315 e. The quantitative estimate of drug-likeness (QED) is 0.380. The number of anilines is 2. The van der Waals surface area contributed by atoms with Crippen molar-refractivity contribution in [2.75, 3.05) is 4.90 Å². The zero-order valence-electron chi connectivity index (χ0n) is 16.7. The molecule has 31 heavy (non-hydrogen) atoms. The Balaban J connectivity index is 1.77. The fourth-order valence-electron chi connectivity index (χ4n) is 3.81. The molecular formula is C26H19N5. The smallest absolute Gasteiger partial charge is 0.155 e. The number of benzene rings is 4. The van der Waals surface area contributed by atoms with Crippen LogP contribution in [0.2, 0.25) is 0 Å². The van der Waals surface area contributed by atoms with Gasteiger partial charge >= 0.3 is 0 Å². The van der Waals surface area contributed by atoms with Gasteiger partial charge in [0.1, 0.15) is 5.52 Å². The van der Waals surface area contributed by atoms with Gasteiger partial charge in [-0.1, -0.05) is 65.9 Å². The highest BCUT2D eigenvalue weighted by Gasteiger charge is 2.27. The van der Waals surface area contributed by atoms with Gasteiger partial charge in [0.25, 0.3) is 0 Å². The highest BCUT2D eigenvalue weighted by atomic mass is 15.5. The van der Waals surface area contributed by atoms with Crippen LogP contribution in [0.3, 0.4) is 0 Å². The Morgan fingerprint density at radius 2 is 1.32 bits per heavy atom. The first-order valence-electron chi connectivity index (χ1n) is 10.0. The van der Waals surface area contributed by atoms with Crippen molar-refractivity contribution in [3.8, 4) is 6.07 Å². The molecule has 4 aromatic carbocycles. The standard InChI is InChI=1S/C26H19N5/c27-19-20-15-17-23(18-16-20)30(22-11-5-2-6-12-22)26(21-9-3-1-4-10-21)31-25-14-8-7-13-24(25)28-29-31/h1-18,26H. The van der Waals surface area contributed by atoms with Gasteiger partial charge in [0.15, 0.2) is 6.17 Å². The van der Waals surface area contributed by atoms with Crippen LogP contribution < -0.4 is 4.90 Å². The van der Waals surface area contributed by atoms with E-state index in [2.05, 4.69) is 45.5 Å². The Labute approximate surface area is 180 Å². The minimum absolute atomic E-state index is 0.274. The zero-order chi connectivity index (χ0) is 21.0. The maximum atomic E-state index is 9.25. The van der Waals surface area contributed by atoms with Crippen molar-refractivity contribution >= 4 is 22.4 Å². The molecule has 148 valence electrons. The fourth-order valence-corrected chi connectivity index (χ4v) is 3.81. The predicted molar refractivity (Wildman–Crippen MR) is 122 cm³/mol. The summed E-state index contributed by atoms with van der Waals surface area (Å²) in [4.78, 5) is 2.22. The van der Waals surface area contributed by atoms with Crippen LogP contribution in [0.5, 0.6) is 0 Å². The molecule has 0 saturated carbocycles. The summed E-state index contributed by atoms with van der Waals surface area (Å²) in [5.41, 5.74) is 5.46. The third-order valence-corrected chi connectivity index (χ3v) is 5.26. The molecule has 0 radical (unpaired) electrons. The molecule has 5 aromatic rings. The van der Waals surface area contributed by atoms with E-state index in [0.717, 1.165) is 28.0 Å². The van der Waals surface area contributed by atoms with Crippen LogP contribution in [-0.4, -0.2) is 15.0 Å². The van der Waals surface area contributed by atoms with E-state index in [-0.39, 0.29) is 6.17 Å². The van der Waals surface area contributed by atoms with E-state index < -0.39 is 0 Å². The first kappa shape index (κ1) is 18.6. The average Bonchev–Trinajstić information content (AvgIpc) is 3.27. The second-order valence-electron chi connectivity index (χ2n) is 7.17. The lowest BCUT2D eigenvalue weighted by atomic mass is 10.1. The molecule has 1 atom stereocenters. The topological polar surface area (TPSA) is 57.7 Å². The van der Waals surface area contributed by atoms with Gasteiger partial charge < -0.3 is 4.90 Å². The number of rotatable bonds is 5. The number of para-hydroxylation sites is 2. The Kier molecular flexibility index (Phi) is 4.88. The highest BCUT2D eigenvalue weighted by molar-refractivity contribution is 5.75. The third kappa shape index (κ3) is 3.52. The minimum Gasteiger partial charge on any atom is -0.315 e. The number of nitriles is 1. The van der Waals surface area contributed by atoms with Crippen molar-refractivity contribution < 1.29 is 0 Å². The van der Waals surface area contributed by atoms with Gasteiger partial charge in [-0.2, -0.15) is 5.26 Å². The highest BCUT2D eigenvalue weighted by Crippen LogP contribution is 2.37. The molecule has 0 spiro atoms. The molecule has 1 heterocycles. The molecular weight excluding hydrogens is 382 g/mol. The van der Waals surface area contributed by atoms with E-state index in [1.165, 1.54) is 0 Å². The summed E-state index contributed by atoms with van der Waals surface area (Å²) in [6.07, 6.45) is -0.274. The summed E-state index contributed by atoms with van der Waals surface area (Å²) in [7, 11) is 0. The Bertz CT molecular complexity index is 1340. The van der Waals surface area contributed by atoms with Crippen LogP contribution in [0.15, 0.2) is 109 Å². The molecule has 0 aliphatic carbocycles. The second-order valence-corrected chi connectivity index (χ2v) is 7.17. The van der Waals surface area contributed by atoms with Crippen LogP contribution in [-0.2, 0) is 0 Å². The molecule has 0 N–H and O–H groups in total. The summed E-state index contributed by atoms with van der Waals surface area (Å²) in [5.74, 6) is 0. The zero-order valence-corrected chi connectivity index (χ0v) is 16.7. The van der Waals surface area contributed by atoms with Gasteiger partial charge in [-0.05, 0) is 54.1 Å². The average molecular weight is 401 g/mol. The second kappa shape index (κ2) is 8.13. The predicted octanol–water partition coefficient (Wildman–Crippen LogP) is 5.69. The summed E-state index contributed by atoms with van der Waals surface area (Å²) >= 11 is 0. The van der Waals surface area contributed by atoms with Crippen molar-refractivity contribution in [2.45, 2.75) is 6.17 Å². The molecule has 1 aromatic heterocycles. The summed E-state index contributed by atoms with van der Waals surface area (Å²) in [5, 5.41) is 18.2. The lowest BCUT2D eigenvalue weighted by Gasteiger charge is -2.34. The lowest BCUT2D eigenvalue weighted by Crippen LogP contribution is -2.30. The number of hydrogen-bond acceptors (Lipinski definition) is 4. The van der Waals surface area contributed by atoms with Gasteiger partial charge in [-0.25, -0.2) is 4.68 Å². The summed E-state index contributed by atoms with van der Waals surface area (Å²) in [6.45, 7) is 0. The summed E-state index contributed by atoms with van der Waals surface area (Å²) < 4.78 is 1.95. The van der Waals surface area contributed by atoms with E-state index in [1.807, 2.05) is 89.6 Å². The van der Waals surface area contributed by atoms with Gasteiger partial charge in [-0.3, -0.25) is 0 Å². The molecule has 0 bridgehead atoms. The van der Waals surface area contributed by atoms with E-state index in [1.54, 1.807) is 0 Å². The fraction of sp³-hybridized carbons (Fsp3) is 0.0385. The van der Waals surface area contributed by atoms with E-state index in [9.17, 15) is 5.26 Å². The van der Waals surface area contributed by atoms with Crippen LogP contribution in [0.1, 0.15) is 17.3 Å². The van der Waals surface area contributed by atoms with Crippen LogP contribution in [0.4, 0.5) is 11.4 Å². The van der Waals surface area contributed by atoms with Crippen LogP contribution >= 0.6 is 0 Å². The van der Waals surface area contributed by atoms with Gasteiger partial charge in [0.05, 0.1) is 17.1 Å². The number of hydrogen-bond donors (Lipinski definition) is 0. The van der Waals surface area contributed by atoms with Gasteiger partial charge in [-0.15, -0.1) is 5.10 Å². The monoisotopic (exact) mass is 401 g/mol. The number of fused-ring (bicyclic) bond motifs is 1. The summed E-state index contributed by atoms with van der Waals surface area (Å²) in [6, 6.07) is 38.3. The maximum Gasteiger partial charge on any atom is 0.155 e. The lowest BCUT2D eigenvalue weighted by molar-refractivity contribution is 0.527. The molecule has 0 saturated heterocycles. The molecule has 1 unspecified atom stereocenters. The van der Waals surface area contributed by atoms with Crippen molar-refractivity contribution in [3.63, 3.8) is 0 Å². The SMILES string of the molecule is N#Cc1ccc(N(c2ccccc2)C(c2ccccc2)n2nnc3ccccc32)cc1. The first-order chi connectivity index (χ1) is 15.3. The molecule has 0 aliphatic heterocycles. The first-order valence-corrected chi connectivity index (χ1v) is 10.0. The molecule has 0 amide bonds. The van der Waals surface area contributed by atoms with Crippen molar-refractivity contribution in [1.29, 1.82) is 5.26 Å². The molecule has 5 heteroatoms. The van der Waals surface area contributed by atoms with E-state index in [4.69, 9.17) is 0 Å². The Hall–Kier alpha value is -4.43. The van der Waals surface area contributed by atoms with Crippen molar-refractivity contribution in [2.24, 2.45) is 0 Å². The van der Waals surface area contributed by atoms with Crippen molar-refractivity contribution in [1.82, 2.24) is 15.0 Å². The van der Waals surface area contributed by atoms with Gasteiger partial charge in [0, 0.05) is 11.4 Å². The van der Waals surface area contributed by atoms with Crippen molar-refractivity contribution in [3.05, 3.63) is 120 Å². The molecule has 0 fully saturated rings. The maximum absolute atomic E-state index is 9.25. The van der Waals surface area contributed by atoms with Crippen LogP contribution in [0.25, 0.3) is 11.0 Å². The Morgan fingerprint density at radius 3 is 2.03 bits per heavy atom. The molecule has 5 rings (SSSR count). The van der Waals surface area contributed by atoms with E-state index >= 15 is 0 Å². The minimum atomic E-state index is -0.274. The molecule has 5 nitrogen and oxygen atoms in total. The normalized spacial score (nSPS) is 11.7. The Morgan fingerprint density at radius 1 is 0.710 bits per heavy atom. The molecule has 0 aliphatic rings. The number of nitrogens with zero attached hydrogens (tertiary/aromatic N) is 5. The third-order valence-electron chi connectivity index (χ3n) is 5.26. The van der Waals surface area contributed by atoms with Gasteiger partial charge in [0.2, 0.25) is 0 Å². The van der Waals surface area contributed by atoms with Crippen LogP contribution in [0, 0.1) is 11.3 Å².